The molecule has 0 amide bonds. The zero-order chi connectivity index (χ0) is 9.97. The van der Waals surface area contributed by atoms with Gasteiger partial charge in [0.25, 0.3) is 0 Å². The minimum Gasteiger partial charge on any atom is -0.389 e. The summed E-state index contributed by atoms with van der Waals surface area (Å²) in [5.41, 5.74) is 0.258. The van der Waals surface area contributed by atoms with Crippen LogP contribution in [-0.2, 0) is 4.84 Å². The number of nitrogens with zero attached hydrogens (tertiary/aromatic N) is 4. The largest absolute Gasteiger partial charge is 0.389 e. The highest BCUT2D eigenvalue weighted by Gasteiger charge is 2.22. The van der Waals surface area contributed by atoms with Crippen molar-refractivity contribution in [2.24, 2.45) is 0 Å². The highest BCUT2D eigenvalue weighted by molar-refractivity contribution is 5.35. The van der Waals surface area contributed by atoms with E-state index in [1.807, 2.05) is 6.07 Å². The Morgan fingerprint density at radius 3 is 2.93 bits per heavy atom. The average molecular weight is 192 g/mol. The molecule has 72 valence electrons. The maximum atomic E-state index is 9.19. The second kappa shape index (κ2) is 3.57. The molecule has 2 rings (SSSR count). The minimum absolute atomic E-state index is 0.258. The Balaban J connectivity index is 2.14. The number of anilines is 1. The molecule has 1 atom stereocenters. The first-order chi connectivity index (χ1) is 6.79. The van der Waals surface area contributed by atoms with Crippen molar-refractivity contribution in [2.45, 2.75) is 6.10 Å². The van der Waals surface area contributed by atoms with Crippen LogP contribution >= 0.6 is 0 Å². The van der Waals surface area contributed by atoms with Crippen molar-refractivity contribution in [1.29, 1.82) is 5.26 Å². The van der Waals surface area contributed by atoms with Crippen molar-refractivity contribution in [3.8, 4) is 6.07 Å². The summed E-state index contributed by atoms with van der Waals surface area (Å²) in [4.78, 5) is 12.9. The summed E-state index contributed by atoms with van der Waals surface area (Å²) < 4.78 is 0. The number of hydrogen-bond donors (Lipinski definition) is 1. The first kappa shape index (κ1) is 8.87. The van der Waals surface area contributed by atoms with Crippen LogP contribution in [-0.4, -0.2) is 34.3 Å². The first-order valence-corrected chi connectivity index (χ1v) is 4.10. The van der Waals surface area contributed by atoms with E-state index in [-0.39, 0.29) is 12.3 Å². The van der Waals surface area contributed by atoms with Crippen molar-refractivity contribution in [3.05, 3.63) is 18.1 Å². The molecule has 6 nitrogen and oxygen atoms in total. The molecule has 0 aromatic carbocycles. The van der Waals surface area contributed by atoms with Crippen LogP contribution in [0.2, 0.25) is 0 Å². The number of hydrogen-bond acceptors (Lipinski definition) is 6. The van der Waals surface area contributed by atoms with Gasteiger partial charge in [0.05, 0.1) is 25.0 Å². The number of aromatic nitrogens is 2. The smallest absolute Gasteiger partial charge is 0.171 e. The average Bonchev–Trinajstić information content (AvgIpc) is 2.65. The molecule has 0 spiro atoms. The Labute approximate surface area is 80.3 Å². The molecule has 0 aliphatic carbocycles. The van der Waals surface area contributed by atoms with Gasteiger partial charge >= 0.3 is 0 Å². The molecule has 1 unspecified atom stereocenters. The molecule has 1 fully saturated rings. The van der Waals surface area contributed by atoms with Crippen LogP contribution in [0.25, 0.3) is 0 Å². The summed E-state index contributed by atoms with van der Waals surface area (Å²) in [6, 6.07) is 1.87. The lowest BCUT2D eigenvalue weighted by Gasteiger charge is -2.13. The number of aliphatic hydroxyl groups is 1. The lowest BCUT2D eigenvalue weighted by molar-refractivity contribution is 0.115. The van der Waals surface area contributed by atoms with E-state index in [2.05, 4.69) is 9.97 Å². The SMILES string of the molecule is N#Cc1cnc(N2CC(O)CO2)cn1. The van der Waals surface area contributed by atoms with Gasteiger partial charge in [-0.25, -0.2) is 15.0 Å². The fourth-order valence-corrected chi connectivity index (χ4v) is 1.14. The molecule has 1 aromatic rings. The molecular weight excluding hydrogens is 184 g/mol. The van der Waals surface area contributed by atoms with Gasteiger partial charge in [-0.05, 0) is 0 Å². The Morgan fingerprint density at radius 2 is 2.43 bits per heavy atom. The molecule has 1 aliphatic rings. The van der Waals surface area contributed by atoms with Crippen LogP contribution < -0.4 is 5.06 Å². The second-order valence-corrected chi connectivity index (χ2v) is 2.88. The third-order valence-corrected chi connectivity index (χ3v) is 1.81. The molecule has 1 aliphatic heterocycles. The highest BCUT2D eigenvalue weighted by atomic mass is 16.7. The van der Waals surface area contributed by atoms with Crippen molar-refractivity contribution < 1.29 is 9.94 Å². The van der Waals surface area contributed by atoms with Crippen molar-refractivity contribution in [1.82, 2.24) is 9.97 Å². The number of nitriles is 1. The number of hydroxylamine groups is 1. The van der Waals surface area contributed by atoms with E-state index in [0.29, 0.717) is 12.4 Å². The topological polar surface area (TPSA) is 82.3 Å². The molecule has 2 heterocycles. The van der Waals surface area contributed by atoms with E-state index in [1.54, 1.807) is 0 Å². The number of β-amino-alcohol motifs (C(OH)–C–C–N with tert-alkyl or cyclic N) is 1. The van der Waals surface area contributed by atoms with Gasteiger partial charge in [0.1, 0.15) is 12.7 Å². The first-order valence-electron chi connectivity index (χ1n) is 4.10. The molecule has 1 N–H and O–H groups in total. The summed E-state index contributed by atoms with van der Waals surface area (Å²) in [6.07, 6.45) is 2.31. The number of rotatable bonds is 1. The molecule has 1 saturated heterocycles. The van der Waals surface area contributed by atoms with E-state index in [4.69, 9.17) is 10.1 Å². The van der Waals surface area contributed by atoms with Crippen LogP contribution in [0.3, 0.4) is 0 Å². The Bertz CT molecular complexity index is 359. The second-order valence-electron chi connectivity index (χ2n) is 2.88. The lowest BCUT2D eigenvalue weighted by atomic mass is 10.4. The quantitative estimate of drug-likeness (QED) is 0.643. The predicted octanol–water partition coefficient (Wildman–Crippen LogP) is -0.539. The summed E-state index contributed by atoms with van der Waals surface area (Å²) in [5, 5.41) is 19.2. The fourth-order valence-electron chi connectivity index (χ4n) is 1.14. The van der Waals surface area contributed by atoms with Gasteiger partial charge in [-0.15, -0.1) is 0 Å². The van der Waals surface area contributed by atoms with Crippen LogP contribution in [0.1, 0.15) is 5.69 Å². The van der Waals surface area contributed by atoms with Gasteiger partial charge in [0, 0.05) is 0 Å². The van der Waals surface area contributed by atoms with Crippen molar-refractivity contribution in [2.75, 3.05) is 18.2 Å². The Hall–Kier alpha value is -1.71. The van der Waals surface area contributed by atoms with Gasteiger partial charge < -0.3 is 5.11 Å². The zero-order valence-electron chi connectivity index (χ0n) is 7.29. The number of aliphatic hydroxyl groups excluding tert-OH is 1. The third-order valence-electron chi connectivity index (χ3n) is 1.81. The van der Waals surface area contributed by atoms with E-state index in [1.165, 1.54) is 17.5 Å². The zero-order valence-corrected chi connectivity index (χ0v) is 7.29. The van der Waals surface area contributed by atoms with E-state index in [0.717, 1.165) is 0 Å². The summed E-state index contributed by atoms with van der Waals surface area (Å²) in [7, 11) is 0. The van der Waals surface area contributed by atoms with Crippen LogP contribution in [0.4, 0.5) is 5.82 Å². The summed E-state index contributed by atoms with van der Waals surface area (Å²) in [5.74, 6) is 0.501. The van der Waals surface area contributed by atoms with Gasteiger partial charge in [-0.1, -0.05) is 0 Å². The van der Waals surface area contributed by atoms with Crippen molar-refractivity contribution >= 4 is 5.82 Å². The summed E-state index contributed by atoms with van der Waals surface area (Å²) in [6.45, 7) is 0.641. The normalized spacial score (nSPS) is 20.9. The van der Waals surface area contributed by atoms with Crippen molar-refractivity contribution in [3.63, 3.8) is 0 Å². The molecule has 1 aromatic heterocycles. The van der Waals surface area contributed by atoms with Gasteiger partial charge in [0.15, 0.2) is 11.5 Å². The monoisotopic (exact) mass is 192 g/mol. The Kier molecular flexibility index (Phi) is 2.26. The van der Waals surface area contributed by atoms with E-state index < -0.39 is 6.10 Å². The molecule has 14 heavy (non-hydrogen) atoms. The molecule has 0 saturated carbocycles. The molecule has 6 heteroatoms. The Morgan fingerprint density at radius 1 is 1.57 bits per heavy atom. The minimum atomic E-state index is -0.493. The maximum Gasteiger partial charge on any atom is 0.171 e. The van der Waals surface area contributed by atoms with Crippen LogP contribution in [0, 0.1) is 11.3 Å². The standard InChI is InChI=1S/C8H8N4O2/c9-1-6-2-11-8(3-10-6)12-4-7(13)5-14-12/h2-3,7,13H,4-5H2. The lowest BCUT2D eigenvalue weighted by Crippen LogP contribution is -2.21. The predicted molar refractivity (Wildman–Crippen MR) is 46.1 cm³/mol. The summed E-state index contributed by atoms with van der Waals surface area (Å²) >= 11 is 0. The van der Waals surface area contributed by atoms with Gasteiger partial charge in [-0.2, -0.15) is 5.26 Å². The maximum absolute atomic E-state index is 9.19. The van der Waals surface area contributed by atoms with Crippen LogP contribution in [0.15, 0.2) is 12.4 Å². The van der Waals surface area contributed by atoms with Gasteiger partial charge in [0.2, 0.25) is 0 Å². The van der Waals surface area contributed by atoms with Crippen LogP contribution in [0.5, 0.6) is 0 Å². The molecule has 0 radical (unpaired) electrons. The molecular formula is C8H8N4O2. The third kappa shape index (κ3) is 1.64. The van der Waals surface area contributed by atoms with E-state index in [9.17, 15) is 5.11 Å². The highest BCUT2D eigenvalue weighted by Crippen LogP contribution is 2.14. The van der Waals surface area contributed by atoms with E-state index >= 15 is 0 Å². The molecule has 0 bridgehead atoms. The fraction of sp³-hybridized carbons (Fsp3) is 0.375. The van der Waals surface area contributed by atoms with Gasteiger partial charge in [-0.3, -0.25) is 4.84 Å².